The molecule has 0 atom stereocenters. The van der Waals surface area contributed by atoms with E-state index in [-0.39, 0.29) is 11.9 Å². The van der Waals surface area contributed by atoms with Gasteiger partial charge in [-0.1, -0.05) is 12.1 Å². The molecule has 26 heavy (non-hydrogen) atoms. The van der Waals surface area contributed by atoms with Gasteiger partial charge in [0, 0.05) is 18.1 Å². The van der Waals surface area contributed by atoms with Crippen LogP contribution in [-0.2, 0) is 17.1 Å². The van der Waals surface area contributed by atoms with Crippen LogP contribution in [0.4, 0.5) is 5.69 Å². The van der Waals surface area contributed by atoms with Gasteiger partial charge in [0.15, 0.2) is 5.82 Å². The lowest BCUT2D eigenvalue weighted by Crippen LogP contribution is -2.15. The third-order valence-electron chi connectivity index (χ3n) is 3.63. The van der Waals surface area contributed by atoms with Crippen molar-refractivity contribution < 1.29 is 4.79 Å². The fourth-order valence-electron chi connectivity index (χ4n) is 2.47. The zero-order chi connectivity index (χ0) is 18.4. The van der Waals surface area contributed by atoms with Crippen molar-refractivity contribution in [3.8, 4) is 0 Å². The van der Waals surface area contributed by atoms with Crippen molar-refractivity contribution in [3.05, 3.63) is 54.1 Å². The second kappa shape index (κ2) is 8.61. The van der Waals surface area contributed by atoms with Gasteiger partial charge < -0.3 is 5.32 Å². The van der Waals surface area contributed by atoms with Gasteiger partial charge >= 0.3 is 0 Å². The van der Waals surface area contributed by atoms with E-state index < -0.39 is 0 Å². The van der Waals surface area contributed by atoms with E-state index in [1.807, 2.05) is 55.1 Å². The predicted molar refractivity (Wildman–Crippen MR) is 101 cm³/mol. The molecule has 0 radical (unpaired) electrons. The Labute approximate surface area is 156 Å². The third-order valence-corrected chi connectivity index (χ3v) is 4.56. The van der Waals surface area contributed by atoms with Gasteiger partial charge in [0.05, 0.1) is 24.1 Å². The zero-order valence-corrected chi connectivity index (χ0v) is 15.6. The molecule has 0 saturated carbocycles. The largest absolute Gasteiger partial charge is 0.325 e. The number of amides is 1. The summed E-state index contributed by atoms with van der Waals surface area (Å²) in [6.07, 6.45) is 3.66. The second-order valence-electron chi connectivity index (χ2n) is 6.08. The van der Waals surface area contributed by atoms with Crippen molar-refractivity contribution >= 4 is 23.4 Å². The average Bonchev–Trinajstić information content (AvgIpc) is 3.27. The molecule has 0 bridgehead atoms. The first-order valence-corrected chi connectivity index (χ1v) is 9.48. The highest BCUT2D eigenvalue weighted by Gasteiger charge is 2.10. The van der Waals surface area contributed by atoms with Gasteiger partial charge in [-0.15, -0.1) is 16.9 Å². The molecule has 8 nitrogen and oxygen atoms in total. The van der Waals surface area contributed by atoms with E-state index in [0.29, 0.717) is 18.1 Å². The number of hydrogen-bond acceptors (Lipinski definition) is 6. The van der Waals surface area contributed by atoms with Gasteiger partial charge in [0.2, 0.25) is 5.91 Å². The standard InChI is InChI=1S/C17H21N7OS/c1-13(2)24-16(20-21-22-24)11-26-12-17(25)19-15-6-3-5-14(9-15)10-23-8-4-7-18-23/h3-9,13H,10-12H2,1-2H3,(H,19,25). The van der Waals surface area contributed by atoms with Gasteiger partial charge in [0.25, 0.3) is 0 Å². The molecule has 1 N–H and O–H groups in total. The molecule has 1 aromatic carbocycles. The molecule has 136 valence electrons. The maximum absolute atomic E-state index is 12.2. The van der Waals surface area contributed by atoms with Crippen LogP contribution >= 0.6 is 11.8 Å². The van der Waals surface area contributed by atoms with Gasteiger partial charge in [-0.05, 0) is 48.0 Å². The van der Waals surface area contributed by atoms with E-state index >= 15 is 0 Å². The summed E-state index contributed by atoms with van der Waals surface area (Å²) in [6.45, 7) is 4.71. The molecule has 0 spiro atoms. The number of rotatable bonds is 8. The van der Waals surface area contributed by atoms with E-state index in [0.717, 1.165) is 17.1 Å². The Morgan fingerprint density at radius 3 is 2.96 bits per heavy atom. The third kappa shape index (κ3) is 4.92. The Balaban J connectivity index is 1.49. The van der Waals surface area contributed by atoms with E-state index in [1.54, 1.807) is 10.9 Å². The molecule has 0 fully saturated rings. The van der Waals surface area contributed by atoms with Crippen LogP contribution < -0.4 is 5.32 Å². The Morgan fingerprint density at radius 2 is 2.19 bits per heavy atom. The molecule has 2 aromatic heterocycles. The van der Waals surface area contributed by atoms with Crippen LogP contribution in [0, 0.1) is 0 Å². The Bertz CT molecular complexity index is 844. The number of anilines is 1. The minimum Gasteiger partial charge on any atom is -0.325 e. The highest BCUT2D eigenvalue weighted by Crippen LogP contribution is 2.15. The lowest BCUT2D eigenvalue weighted by atomic mass is 10.2. The Kier molecular flexibility index (Phi) is 6.00. The number of nitrogens with one attached hydrogen (secondary N) is 1. The molecule has 0 aliphatic heterocycles. The highest BCUT2D eigenvalue weighted by molar-refractivity contribution is 7.99. The van der Waals surface area contributed by atoms with Crippen LogP contribution in [0.2, 0.25) is 0 Å². The minimum absolute atomic E-state index is 0.0465. The van der Waals surface area contributed by atoms with Crippen LogP contribution in [-0.4, -0.2) is 41.6 Å². The number of tetrazole rings is 1. The summed E-state index contributed by atoms with van der Waals surface area (Å²) in [7, 11) is 0. The first-order valence-electron chi connectivity index (χ1n) is 8.32. The Morgan fingerprint density at radius 1 is 1.31 bits per heavy atom. The molecular weight excluding hydrogens is 350 g/mol. The molecule has 3 aromatic rings. The maximum atomic E-state index is 12.2. The van der Waals surface area contributed by atoms with Crippen LogP contribution in [0.1, 0.15) is 31.3 Å². The van der Waals surface area contributed by atoms with E-state index in [9.17, 15) is 4.79 Å². The molecule has 0 unspecified atom stereocenters. The summed E-state index contributed by atoms with van der Waals surface area (Å²) >= 11 is 1.49. The topological polar surface area (TPSA) is 90.5 Å². The van der Waals surface area contributed by atoms with Crippen molar-refractivity contribution in [3.63, 3.8) is 0 Å². The monoisotopic (exact) mass is 371 g/mol. The van der Waals surface area contributed by atoms with Gasteiger partial charge in [0.1, 0.15) is 0 Å². The Hall–Kier alpha value is -2.68. The second-order valence-corrected chi connectivity index (χ2v) is 7.06. The summed E-state index contributed by atoms with van der Waals surface area (Å²) < 4.78 is 3.61. The number of thioether (sulfide) groups is 1. The smallest absolute Gasteiger partial charge is 0.234 e. The number of carbonyl (C=O) groups excluding carboxylic acids is 1. The van der Waals surface area contributed by atoms with Gasteiger partial charge in [-0.3, -0.25) is 9.48 Å². The molecule has 3 rings (SSSR count). The summed E-state index contributed by atoms with van der Waals surface area (Å²) in [5.74, 6) is 1.67. The van der Waals surface area contributed by atoms with E-state index in [4.69, 9.17) is 0 Å². The molecular formula is C17H21N7OS. The highest BCUT2D eigenvalue weighted by atomic mass is 32.2. The number of hydrogen-bond donors (Lipinski definition) is 1. The molecule has 1 amide bonds. The van der Waals surface area contributed by atoms with Crippen LogP contribution in [0.3, 0.4) is 0 Å². The molecule has 2 heterocycles. The fraction of sp³-hybridized carbons (Fsp3) is 0.353. The van der Waals surface area contributed by atoms with Crippen molar-refractivity contribution in [2.24, 2.45) is 0 Å². The summed E-state index contributed by atoms with van der Waals surface area (Å²) in [4.78, 5) is 12.2. The van der Waals surface area contributed by atoms with Crippen LogP contribution in [0.25, 0.3) is 0 Å². The zero-order valence-electron chi connectivity index (χ0n) is 14.7. The van der Waals surface area contributed by atoms with Crippen LogP contribution in [0.5, 0.6) is 0 Å². The minimum atomic E-state index is -0.0465. The first-order chi connectivity index (χ1) is 12.6. The lowest BCUT2D eigenvalue weighted by molar-refractivity contribution is -0.113. The van der Waals surface area contributed by atoms with Crippen molar-refractivity contribution in [1.29, 1.82) is 0 Å². The number of benzene rings is 1. The maximum Gasteiger partial charge on any atom is 0.234 e. The predicted octanol–water partition coefficient (Wildman–Crippen LogP) is 2.37. The summed E-state index contributed by atoms with van der Waals surface area (Å²) in [6, 6.07) is 9.87. The first kappa shape index (κ1) is 18.1. The quantitative estimate of drug-likeness (QED) is 0.654. The van der Waals surface area contributed by atoms with Crippen molar-refractivity contribution in [2.45, 2.75) is 32.2 Å². The molecule has 0 aliphatic carbocycles. The molecule has 9 heteroatoms. The lowest BCUT2D eigenvalue weighted by Gasteiger charge is -2.09. The molecule has 0 aliphatic rings. The summed E-state index contributed by atoms with van der Waals surface area (Å²) in [5.41, 5.74) is 1.86. The molecule has 0 saturated heterocycles. The fourth-order valence-corrected chi connectivity index (χ4v) is 3.20. The van der Waals surface area contributed by atoms with Gasteiger partial charge in [-0.25, -0.2) is 4.68 Å². The SMILES string of the molecule is CC(C)n1nnnc1CSCC(=O)Nc1cccc(Cn2cccn2)c1. The van der Waals surface area contributed by atoms with E-state index in [1.165, 1.54) is 11.8 Å². The number of aromatic nitrogens is 6. The van der Waals surface area contributed by atoms with Crippen LogP contribution in [0.15, 0.2) is 42.7 Å². The average molecular weight is 371 g/mol. The van der Waals surface area contributed by atoms with Gasteiger partial charge in [-0.2, -0.15) is 5.10 Å². The van der Waals surface area contributed by atoms with Crippen molar-refractivity contribution in [2.75, 3.05) is 11.1 Å². The number of nitrogens with zero attached hydrogens (tertiary/aromatic N) is 6. The van der Waals surface area contributed by atoms with E-state index in [2.05, 4.69) is 25.9 Å². The summed E-state index contributed by atoms with van der Waals surface area (Å²) in [5, 5.41) is 18.8. The van der Waals surface area contributed by atoms with Crippen molar-refractivity contribution in [1.82, 2.24) is 30.0 Å². The normalized spacial score (nSPS) is 11.0. The number of carbonyl (C=O) groups is 1.